The van der Waals surface area contributed by atoms with E-state index in [0.717, 1.165) is 114 Å². The standard InChI is InChI=1S/C77H150O17P2/c1-9-69(7)55-47-39-31-23-19-15-11-12-16-21-25-34-43-51-59-76(81)93-72(63-87-74(79)57-49-41-33-24-20-17-13-14-18-22-29-37-45-53-67(3)4)65-91-95(83,84)89-61-71(78)62-90-96(85,86)92-66-73(64-88-75(80)58-50-42-36-28-30-38-46-54-68(5)6)94-77(82)60-52-44-35-27-26-32-40-48-56-70(8)10-2/h67-73,78H,9-66H2,1-8H3,(H,83,84)(H,85,86)/t69?,70?,71?,72-,73-/m1/s1. The summed E-state index contributed by atoms with van der Waals surface area (Å²) in [6, 6.07) is 0. The van der Waals surface area contributed by atoms with E-state index in [1.165, 1.54) is 186 Å². The zero-order chi connectivity index (χ0) is 71.0. The van der Waals surface area contributed by atoms with Crippen LogP contribution in [-0.4, -0.2) is 96.7 Å². The summed E-state index contributed by atoms with van der Waals surface area (Å²) in [4.78, 5) is 72.8. The summed E-state index contributed by atoms with van der Waals surface area (Å²) in [5.41, 5.74) is 0. The fourth-order valence-corrected chi connectivity index (χ4v) is 13.2. The highest BCUT2D eigenvalue weighted by Crippen LogP contribution is 2.45. The van der Waals surface area contributed by atoms with E-state index in [9.17, 15) is 43.2 Å². The molecule has 0 aliphatic heterocycles. The molecule has 0 saturated heterocycles. The highest BCUT2D eigenvalue weighted by Gasteiger charge is 2.30. The number of phosphoric ester groups is 2. The number of hydrogen-bond donors (Lipinski definition) is 3. The molecule has 0 aromatic carbocycles. The number of carbonyl (C=O) groups is 4. The van der Waals surface area contributed by atoms with Crippen LogP contribution < -0.4 is 0 Å². The van der Waals surface area contributed by atoms with Gasteiger partial charge in [0, 0.05) is 25.7 Å². The lowest BCUT2D eigenvalue weighted by Crippen LogP contribution is -2.30. The number of phosphoric acid groups is 2. The molecule has 0 saturated carbocycles. The van der Waals surface area contributed by atoms with Crippen molar-refractivity contribution in [3.8, 4) is 0 Å². The van der Waals surface area contributed by atoms with E-state index < -0.39 is 97.5 Å². The number of aliphatic hydroxyl groups excluding tert-OH is 1. The van der Waals surface area contributed by atoms with Gasteiger partial charge in [0.05, 0.1) is 26.4 Å². The third-order valence-corrected chi connectivity index (χ3v) is 20.4. The van der Waals surface area contributed by atoms with Gasteiger partial charge in [-0.05, 0) is 49.4 Å². The topological polar surface area (TPSA) is 237 Å². The summed E-state index contributed by atoms with van der Waals surface area (Å²) in [6.07, 6.45) is 51.3. The van der Waals surface area contributed by atoms with Crippen LogP contribution in [0.5, 0.6) is 0 Å². The Morgan fingerprint density at radius 3 is 0.740 bits per heavy atom. The molecule has 570 valence electrons. The molecule has 19 heteroatoms. The lowest BCUT2D eigenvalue weighted by molar-refractivity contribution is -0.161. The average molecular weight is 1410 g/mol. The molecular weight excluding hydrogens is 1260 g/mol. The summed E-state index contributed by atoms with van der Waals surface area (Å²) in [7, 11) is -9.92. The first kappa shape index (κ1) is 94.1. The average Bonchev–Trinajstić information content (AvgIpc) is 1.83. The van der Waals surface area contributed by atoms with Crippen molar-refractivity contribution in [3.63, 3.8) is 0 Å². The maximum Gasteiger partial charge on any atom is 0.472 e. The minimum Gasteiger partial charge on any atom is -0.462 e. The second-order valence-corrected chi connectivity index (χ2v) is 32.1. The molecule has 0 radical (unpaired) electrons. The van der Waals surface area contributed by atoms with Gasteiger partial charge in [0.1, 0.15) is 19.3 Å². The SMILES string of the molecule is CCC(C)CCCCCCCCCCCCCCCCC(=O)O[C@H](COC(=O)CCCCCCCCCCCCCCCC(C)C)COP(=O)(O)OCC(O)COP(=O)(O)OC[C@@H](COC(=O)CCCCCCCCCC(C)C)OC(=O)CCCCCCCCCCC(C)CC. The molecule has 0 aromatic heterocycles. The first-order chi connectivity index (χ1) is 46.2. The Morgan fingerprint density at radius 2 is 0.500 bits per heavy atom. The predicted octanol–water partition coefficient (Wildman–Crippen LogP) is 22.4. The van der Waals surface area contributed by atoms with Gasteiger partial charge in [0.2, 0.25) is 0 Å². The van der Waals surface area contributed by atoms with E-state index in [1.807, 2.05) is 0 Å². The van der Waals surface area contributed by atoms with E-state index in [2.05, 4.69) is 55.4 Å². The van der Waals surface area contributed by atoms with Gasteiger partial charge in [0.15, 0.2) is 12.2 Å². The molecule has 17 nitrogen and oxygen atoms in total. The summed E-state index contributed by atoms with van der Waals surface area (Å²) < 4.78 is 68.6. The summed E-state index contributed by atoms with van der Waals surface area (Å²) in [5, 5.41) is 10.6. The van der Waals surface area contributed by atoms with E-state index in [-0.39, 0.29) is 25.7 Å². The van der Waals surface area contributed by atoms with Gasteiger partial charge >= 0.3 is 39.5 Å². The summed E-state index contributed by atoms with van der Waals surface area (Å²) in [5.74, 6) is 0.990. The third kappa shape index (κ3) is 67.9. The Labute approximate surface area is 588 Å². The van der Waals surface area contributed by atoms with Crippen LogP contribution in [0.15, 0.2) is 0 Å². The Hall–Kier alpha value is -1.94. The van der Waals surface area contributed by atoms with Crippen molar-refractivity contribution in [2.75, 3.05) is 39.6 Å². The molecule has 0 fully saturated rings. The highest BCUT2D eigenvalue weighted by molar-refractivity contribution is 7.47. The zero-order valence-corrected chi connectivity index (χ0v) is 64.8. The molecule has 0 spiro atoms. The fraction of sp³-hybridized carbons (Fsp3) is 0.948. The van der Waals surface area contributed by atoms with E-state index >= 15 is 0 Å². The van der Waals surface area contributed by atoms with Crippen LogP contribution in [0.3, 0.4) is 0 Å². The van der Waals surface area contributed by atoms with Crippen LogP contribution in [0, 0.1) is 23.7 Å². The number of esters is 4. The van der Waals surface area contributed by atoms with E-state index in [0.29, 0.717) is 31.6 Å². The number of hydrogen-bond acceptors (Lipinski definition) is 15. The van der Waals surface area contributed by atoms with E-state index in [4.69, 9.17) is 37.0 Å². The van der Waals surface area contributed by atoms with Crippen LogP contribution in [0.4, 0.5) is 0 Å². The molecule has 0 aromatic rings. The molecule has 96 heavy (non-hydrogen) atoms. The van der Waals surface area contributed by atoms with Crippen LogP contribution in [0.2, 0.25) is 0 Å². The fourth-order valence-electron chi connectivity index (χ4n) is 11.7. The third-order valence-electron chi connectivity index (χ3n) is 18.5. The molecule has 0 amide bonds. The number of aliphatic hydroxyl groups is 1. The molecule has 0 aliphatic carbocycles. The van der Waals surface area contributed by atoms with Crippen molar-refractivity contribution >= 4 is 39.5 Å². The lowest BCUT2D eigenvalue weighted by Gasteiger charge is -2.21. The molecule has 7 atom stereocenters. The van der Waals surface area contributed by atoms with Crippen molar-refractivity contribution in [2.45, 2.75) is 408 Å². The smallest absolute Gasteiger partial charge is 0.462 e. The maximum absolute atomic E-state index is 13.1. The van der Waals surface area contributed by atoms with Crippen molar-refractivity contribution in [1.82, 2.24) is 0 Å². The van der Waals surface area contributed by atoms with Crippen molar-refractivity contribution in [3.05, 3.63) is 0 Å². The van der Waals surface area contributed by atoms with Crippen molar-refractivity contribution < 1.29 is 80.2 Å². The number of carbonyl (C=O) groups excluding carboxylic acids is 4. The number of unbranched alkanes of at least 4 members (excludes halogenated alkanes) is 38. The van der Waals surface area contributed by atoms with Crippen LogP contribution >= 0.6 is 15.6 Å². The maximum atomic E-state index is 13.1. The molecule has 0 rings (SSSR count). The summed E-state index contributed by atoms with van der Waals surface area (Å²) in [6.45, 7) is 14.2. The lowest BCUT2D eigenvalue weighted by atomic mass is 9.99. The Balaban J connectivity index is 5.25. The van der Waals surface area contributed by atoms with Gasteiger partial charge in [0.25, 0.3) is 0 Å². The van der Waals surface area contributed by atoms with Crippen LogP contribution in [-0.2, 0) is 65.4 Å². The van der Waals surface area contributed by atoms with E-state index in [1.54, 1.807) is 0 Å². The monoisotopic (exact) mass is 1410 g/mol. The van der Waals surface area contributed by atoms with Gasteiger partial charge in [-0.2, -0.15) is 0 Å². The number of rotatable bonds is 74. The van der Waals surface area contributed by atoms with Gasteiger partial charge in [-0.15, -0.1) is 0 Å². The van der Waals surface area contributed by atoms with Crippen molar-refractivity contribution in [1.29, 1.82) is 0 Å². The largest absolute Gasteiger partial charge is 0.472 e. The second-order valence-electron chi connectivity index (χ2n) is 29.2. The minimum atomic E-state index is -4.96. The summed E-state index contributed by atoms with van der Waals surface area (Å²) >= 11 is 0. The normalized spacial score (nSPS) is 14.7. The van der Waals surface area contributed by atoms with Gasteiger partial charge in [-0.3, -0.25) is 37.3 Å². The van der Waals surface area contributed by atoms with Crippen molar-refractivity contribution in [2.24, 2.45) is 23.7 Å². The quantitative estimate of drug-likeness (QED) is 0.0222. The second kappa shape index (κ2) is 66.3. The molecule has 5 unspecified atom stereocenters. The van der Waals surface area contributed by atoms with Gasteiger partial charge < -0.3 is 33.8 Å². The number of ether oxygens (including phenoxy) is 4. The molecule has 0 heterocycles. The Kier molecular flexibility index (Phi) is 65.0. The predicted molar refractivity (Wildman–Crippen MR) is 391 cm³/mol. The molecule has 0 bridgehead atoms. The van der Waals surface area contributed by atoms with Crippen LogP contribution in [0.1, 0.15) is 389 Å². The Morgan fingerprint density at radius 1 is 0.292 bits per heavy atom. The Bertz CT molecular complexity index is 1890. The first-order valence-corrected chi connectivity index (χ1v) is 42.8. The first-order valence-electron chi connectivity index (χ1n) is 39.8. The minimum absolute atomic E-state index is 0.104. The highest BCUT2D eigenvalue weighted by atomic mass is 31.2. The molecular formula is C77H150O17P2. The molecule has 0 aliphatic rings. The van der Waals surface area contributed by atoms with Gasteiger partial charge in [-0.25, -0.2) is 9.13 Å². The molecule has 3 N–H and O–H groups in total. The zero-order valence-electron chi connectivity index (χ0n) is 63.0. The van der Waals surface area contributed by atoms with Gasteiger partial charge in [-0.1, -0.05) is 338 Å². The van der Waals surface area contributed by atoms with Crippen LogP contribution in [0.25, 0.3) is 0 Å².